The smallest absolute Gasteiger partial charge is 0.316 e. The summed E-state index contributed by atoms with van der Waals surface area (Å²) in [6.45, 7) is 1.68. The molecule has 6 heteroatoms. The van der Waals surface area contributed by atoms with Gasteiger partial charge in [0.25, 0.3) is 0 Å². The number of aliphatic imine (C=N–C) groups is 2. The first-order valence-corrected chi connectivity index (χ1v) is 3.29. The highest BCUT2D eigenvalue weighted by atomic mass is 16.5. The van der Waals surface area contributed by atoms with Crippen molar-refractivity contribution < 1.29 is 4.74 Å². The zero-order valence-corrected chi connectivity index (χ0v) is 6.85. The van der Waals surface area contributed by atoms with Crippen molar-refractivity contribution in [2.45, 2.75) is 13.1 Å². The molecular formula is C6H9N5O. The molecule has 0 radical (unpaired) electrons. The molecule has 1 aliphatic rings. The van der Waals surface area contributed by atoms with E-state index in [0.717, 1.165) is 0 Å². The Bertz CT molecular complexity index is 276. The van der Waals surface area contributed by atoms with Gasteiger partial charge in [-0.15, -0.1) is 0 Å². The van der Waals surface area contributed by atoms with Crippen LogP contribution in [0.4, 0.5) is 0 Å². The number of amidine groups is 2. The molecule has 6 nitrogen and oxygen atoms in total. The minimum Gasteiger partial charge on any atom is -0.467 e. The summed E-state index contributed by atoms with van der Waals surface area (Å²) in [5.41, 5.74) is 0. The average Bonchev–Trinajstić information content (AvgIpc) is 2.09. The van der Waals surface area contributed by atoms with Crippen LogP contribution in [0, 0.1) is 11.3 Å². The molecule has 1 heterocycles. The first kappa shape index (κ1) is 8.49. The fourth-order valence-electron chi connectivity index (χ4n) is 0.758. The van der Waals surface area contributed by atoms with Gasteiger partial charge in [-0.25, -0.2) is 5.84 Å². The van der Waals surface area contributed by atoms with E-state index in [1.54, 1.807) is 6.92 Å². The average molecular weight is 167 g/mol. The molecular weight excluding hydrogens is 158 g/mol. The van der Waals surface area contributed by atoms with Crippen molar-refractivity contribution in [1.82, 2.24) is 5.01 Å². The van der Waals surface area contributed by atoms with E-state index in [-0.39, 0.29) is 6.02 Å². The van der Waals surface area contributed by atoms with E-state index >= 15 is 0 Å². The van der Waals surface area contributed by atoms with Crippen LogP contribution in [0.2, 0.25) is 0 Å². The number of nitrogens with zero attached hydrogens (tertiary/aromatic N) is 4. The SMILES string of the molecule is COC1=NC(C#N)N(N)C(C)=N1. The molecule has 1 aliphatic heterocycles. The van der Waals surface area contributed by atoms with Gasteiger partial charge in [0, 0.05) is 0 Å². The van der Waals surface area contributed by atoms with Crippen LogP contribution in [0.25, 0.3) is 0 Å². The van der Waals surface area contributed by atoms with Crippen LogP contribution in [-0.2, 0) is 4.74 Å². The Balaban J connectivity index is 2.91. The standard InChI is InChI=1S/C6H9N5O/c1-4-9-6(12-2)10-5(3-7)11(4)8/h5H,8H2,1-2H3. The lowest BCUT2D eigenvalue weighted by molar-refractivity contribution is 0.341. The third kappa shape index (κ3) is 1.35. The summed E-state index contributed by atoms with van der Waals surface area (Å²) in [6.07, 6.45) is -0.738. The Kier molecular flexibility index (Phi) is 2.26. The first-order chi connectivity index (χ1) is 5.69. The maximum absolute atomic E-state index is 8.60. The van der Waals surface area contributed by atoms with Crippen molar-refractivity contribution in [3.63, 3.8) is 0 Å². The highest BCUT2D eigenvalue weighted by Crippen LogP contribution is 2.04. The number of hydrogen-bond acceptors (Lipinski definition) is 6. The molecule has 0 aromatic heterocycles. The Morgan fingerprint density at radius 1 is 1.75 bits per heavy atom. The maximum Gasteiger partial charge on any atom is 0.316 e. The van der Waals surface area contributed by atoms with Gasteiger partial charge < -0.3 is 4.74 Å². The van der Waals surface area contributed by atoms with Crippen molar-refractivity contribution in [3.8, 4) is 6.07 Å². The van der Waals surface area contributed by atoms with Crippen LogP contribution in [0.5, 0.6) is 0 Å². The number of nitriles is 1. The summed E-state index contributed by atoms with van der Waals surface area (Å²) in [6, 6.07) is 2.08. The molecule has 1 atom stereocenters. The van der Waals surface area contributed by atoms with E-state index in [2.05, 4.69) is 9.98 Å². The molecule has 0 bridgehead atoms. The normalized spacial score (nSPS) is 22.5. The molecule has 2 N–H and O–H groups in total. The van der Waals surface area contributed by atoms with E-state index in [9.17, 15) is 0 Å². The molecule has 0 saturated carbocycles. The van der Waals surface area contributed by atoms with Crippen LogP contribution >= 0.6 is 0 Å². The molecule has 64 valence electrons. The van der Waals surface area contributed by atoms with Crippen molar-refractivity contribution in [2.75, 3.05) is 7.11 Å². The number of hydrazine groups is 1. The van der Waals surface area contributed by atoms with Crippen molar-refractivity contribution in [2.24, 2.45) is 15.8 Å². The van der Waals surface area contributed by atoms with Crippen molar-refractivity contribution in [1.29, 1.82) is 5.26 Å². The minimum atomic E-state index is -0.738. The Hall–Kier alpha value is -1.61. The lowest BCUT2D eigenvalue weighted by atomic mass is 10.4. The zero-order chi connectivity index (χ0) is 9.14. The number of methoxy groups -OCH3 is 1. The van der Waals surface area contributed by atoms with Gasteiger partial charge in [0.05, 0.1) is 7.11 Å². The summed E-state index contributed by atoms with van der Waals surface area (Å²) in [4.78, 5) is 7.67. The summed E-state index contributed by atoms with van der Waals surface area (Å²) in [5, 5.41) is 9.79. The van der Waals surface area contributed by atoms with Gasteiger partial charge in [0.15, 0.2) is 0 Å². The second kappa shape index (κ2) is 3.19. The van der Waals surface area contributed by atoms with Gasteiger partial charge in [-0.3, -0.25) is 5.01 Å². The van der Waals surface area contributed by atoms with Crippen LogP contribution in [0.15, 0.2) is 9.98 Å². The third-order valence-corrected chi connectivity index (χ3v) is 1.43. The molecule has 0 spiro atoms. The quantitative estimate of drug-likeness (QED) is 0.490. The van der Waals surface area contributed by atoms with Gasteiger partial charge in [-0.1, -0.05) is 0 Å². The fourth-order valence-corrected chi connectivity index (χ4v) is 0.758. The molecule has 0 aromatic carbocycles. The van der Waals surface area contributed by atoms with Gasteiger partial charge in [-0.2, -0.15) is 15.2 Å². The summed E-state index contributed by atoms with van der Waals surface area (Å²) < 4.78 is 4.77. The third-order valence-electron chi connectivity index (χ3n) is 1.43. The predicted octanol–water partition coefficient (Wildman–Crippen LogP) is -0.554. The van der Waals surface area contributed by atoms with Gasteiger partial charge in [0.2, 0.25) is 6.17 Å². The van der Waals surface area contributed by atoms with E-state index in [4.69, 9.17) is 15.8 Å². The number of rotatable bonds is 0. The Labute approximate surface area is 69.9 Å². The Morgan fingerprint density at radius 3 is 2.92 bits per heavy atom. The molecule has 1 rings (SSSR count). The van der Waals surface area contributed by atoms with E-state index < -0.39 is 6.17 Å². The molecule has 0 fully saturated rings. The first-order valence-electron chi connectivity index (χ1n) is 3.29. The second-order valence-electron chi connectivity index (χ2n) is 2.18. The summed E-state index contributed by atoms with van der Waals surface area (Å²) >= 11 is 0. The largest absolute Gasteiger partial charge is 0.467 e. The summed E-state index contributed by atoms with van der Waals surface area (Å²) in [7, 11) is 1.44. The lowest BCUT2D eigenvalue weighted by Crippen LogP contribution is -2.45. The van der Waals surface area contributed by atoms with Crippen LogP contribution in [0.1, 0.15) is 6.92 Å². The highest BCUT2D eigenvalue weighted by Gasteiger charge is 2.20. The Morgan fingerprint density at radius 2 is 2.42 bits per heavy atom. The monoisotopic (exact) mass is 167 g/mol. The molecule has 0 aliphatic carbocycles. The molecule has 0 aromatic rings. The molecule has 1 unspecified atom stereocenters. The maximum atomic E-state index is 8.60. The van der Waals surface area contributed by atoms with E-state index in [0.29, 0.717) is 5.84 Å². The lowest BCUT2D eigenvalue weighted by Gasteiger charge is -2.23. The second-order valence-corrected chi connectivity index (χ2v) is 2.18. The van der Waals surface area contributed by atoms with E-state index in [1.165, 1.54) is 12.1 Å². The van der Waals surface area contributed by atoms with Crippen LogP contribution in [-0.4, -0.2) is 30.1 Å². The summed E-state index contributed by atoms with van der Waals surface area (Å²) in [5.74, 6) is 5.98. The molecule has 0 amide bonds. The van der Waals surface area contributed by atoms with Gasteiger partial charge in [-0.05, 0) is 6.92 Å². The number of nitrogens with two attached hydrogens (primary N) is 1. The predicted molar refractivity (Wildman–Crippen MR) is 43.0 cm³/mol. The van der Waals surface area contributed by atoms with Crippen LogP contribution < -0.4 is 5.84 Å². The van der Waals surface area contributed by atoms with Crippen molar-refractivity contribution >= 4 is 11.9 Å². The zero-order valence-electron chi connectivity index (χ0n) is 6.85. The van der Waals surface area contributed by atoms with Gasteiger partial charge in [0.1, 0.15) is 11.9 Å². The highest BCUT2D eigenvalue weighted by molar-refractivity contribution is 5.94. The number of ether oxygens (including phenoxy) is 1. The molecule has 12 heavy (non-hydrogen) atoms. The minimum absolute atomic E-state index is 0.181. The van der Waals surface area contributed by atoms with Crippen LogP contribution in [0.3, 0.4) is 0 Å². The molecule has 0 saturated heterocycles. The number of hydrogen-bond donors (Lipinski definition) is 1. The van der Waals surface area contributed by atoms with Crippen molar-refractivity contribution in [3.05, 3.63) is 0 Å². The van der Waals surface area contributed by atoms with Gasteiger partial charge >= 0.3 is 6.02 Å². The topological polar surface area (TPSA) is 87.0 Å². The fraction of sp³-hybridized carbons (Fsp3) is 0.500. The van der Waals surface area contributed by atoms with E-state index in [1.807, 2.05) is 6.07 Å².